The van der Waals surface area contributed by atoms with Gasteiger partial charge in [-0.15, -0.1) is 0 Å². The van der Waals surface area contributed by atoms with Crippen LogP contribution in [0.25, 0.3) is 0 Å². The smallest absolute Gasteiger partial charge is 0.0587 e. The van der Waals surface area contributed by atoms with Crippen LogP contribution in [0, 0.1) is 0 Å². The summed E-state index contributed by atoms with van der Waals surface area (Å²) in [6.45, 7) is 5.30. The summed E-state index contributed by atoms with van der Waals surface area (Å²) in [7, 11) is 0. The molecule has 0 spiro atoms. The third-order valence-electron chi connectivity index (χ3n) is 3.51. The van der Waals surface area contributed by atoms with Crippen molar-refractivity contribution in [1.29, 1.82) is 0 Å². The number of ether oxygens (including phenoxy) is 1. The minimum Gasteiger partial charge on any atom is -0.378 e. The molecule has 0 aromatic carbocycles. The Morgan fingerprint density at radius 1 is 1.47 bits per heavy atom. The van der Waals surface area contributed by atoms with Gasteiger partial charge in [-0.2, -0.15) is 0 Å². The molecule has 1 aromatic heterocycles. The van der Waals surface area contributed by atoms with E-state index in [0.717, 1.165) is 25.9 Å². The molecular weight excluding hydrogens is 212 g/mol. The van der Waals surface area contributed by atoms with Crippen LogP contribution in [-0.4, -0.2) is 23.7 Å². The SMILES string of the molecule is CCC1CC(N[C@@H](C)c2ccncc2)CCO1. The Morgan fingerprint density at radius 3 is 2.94 bits per heavy atom. The predicted molar refractivity (Wildman–Crippen MR) is 68.8 cm³/mol. The van der Waals surface area contributed by atoms with E-state index in [4.69, 9.17) is 4.74 Å². The first-order chi connectivity index (χ1) is 8.29. The summed E-state index contributed by atoms with van der Waals surface area (Å²) in [5, 5.41) is 3.69. The Morgan fingerprint density at radius 2 is 2.24 bits per heavy atom. The van der Waals surface area contributed by atoms with E-state index >= 15 is 0 Å². The molecule has 3 heteroatoms. The summed E-state index contributed by atoms with van der Waals surface area (Å²) >= 11 is 0. The number of rotatable bonds is 4. The van der Waals surface area contributed by atoms with Crippen LogP contribution in [0.3, 0.4) is 0 Å². The molecule has 1 aliphatic heterocycles. The lowest BCUT2D eigenvalue weighted by Crippen LogP contribution is -2.39. The van der Waals surface area contributed by atoms with E-state index in [0.29, 0.717) is 18.2 Å². The van der Waals surface area contributed by atoms with E-state index in [1.165, 1.54) is 5.56 Å². The fourth-order valence-electron chi connectivity index (χ4n) is 2.42. The molecule has 1 aromatic rings. The zero-order chi connectivity index (χ0) is 12.1. The Balaban J connectivity index is 1.88. The first-order valence-corrected chi connectivity index (χ1v) is 6.57. The van der Waals surface area contributed by atoms with Crippen LogP contribution in [0.1, 0.15) is 44.7 Å². The molecule has 1 N–H and O–H groups in total. The largest absolute Gasteiger partial charge is 0.378 e. The number of nitrogens with one attached hydrogen (secondary N) is 1. The molecule has 0 amide bonds. The van der Waals surface area contributed by atoms with E-state index in [9.17, 15) is 0 Å². The molecule has 3 nitrogen and oxygen atoms in total. The molecule has 0 aliphatic carbocycles. The average molecular weight is 234 g/mol. The molecular formula is C14H22N2O. The molecule has 0 saturated carbocycles. The maximum absolute atomic E-state index is 5.69. The zero-order valence-corrected chi connectivity index (χ0v) is 10.7. The van der Waals surface area contributed by atoms with E-state index in [1.807, 2.05) is 12.4 Å². The molecule has 1 aliphatic rings. The van der Waals surface area contributed by atoms with Crippen LogP contribution < -0.4 is 5.32 Å². The topological polar surface area (TPSA) is 34.2 Å². The van der Waals surface area contributed by atoms with Crippen molar-refractivity contribution >= 4 is 0 Å². The zero-order valence-electron chi connectivity index (χ0n) is 10.7. The number of hydrogen-bond acceptors (Lipinski definition) is 3. The van der Waals surface area contributed by atoms with Crippen LogP contribution in [0.2, 0.25) is 0 Å². The van der Waals surface area contributed by atoms with Crippen molar-refractivity contribution in [1.82, 2.24) is 10.3 Å². The number of aromatic nitrogens is 1. The Hall–Kier alpha value is -0.930. The lowest BCUT2D eigenvalue weighted by atomic mass is 9.99. The molecule has 1 saturated heterocycles. The molecule has 0 bridgehead atoms. The minimum atomic E-state index is 0.388. The lowest BCUT2D eigenvalue weighted by Gasteiger charge is -2.31. The average Bonchev–Trinajstić information content (AvgIpc) is 2.40. The summed E-state index contributed by atoms with van der Waals surface area (Å²) in [6, 6.07) is 5.12. The highest BCUT2D eigenvalue weighted by Crippen LogP contribution is 2.20. The highest BCUT2D eigenvalue weighted by atomic mass is 16.5. The third-order valence-corrected chi connectivity index (χ3v) is 3.51. The van der Waals surface area contributed by atoms with Gasteiger partial charge in [-0.3, -0.25) is 4.98 Å². The second-order valence-electron chi connectivity index (χ2n) is 4.79. The predicted octanol–water partition coefficient (Wildman–Crippen LogP) is 2.69. The first kappa shape index (κ1) is 12.5. The fraction of sp³-hybridized carbons (Fsp3) is 0.643. The van der Waals surface area contributed by atoms with E-state index in [1.54, 1.807) is 0 Å². The van der Waals surface area contributed by atoms with Crippen molar-refractivity contribution in [2.75, 3.05) is 6.61 Å². The van der Waals surface area contributed by atoms with Crippen molar-refractivity contribution in [2.24, 2.45) is 0 Å². The second kappa shape index (κ2) is 6.12. The molecule has 17 heavy (non-hydrogen) atoms. The summed E-state index contributed by atoms with van der Waals surface area (Å²) < 4.78 is 5.69. The van der Waals surface area contributed by atoms with Gasteiger partial charge in [0.05, 0.1) is 6.10 Å². The first-order valence-electron chi connectivity index (χ1n) is 6.57. The van der Waals surface area contributed by atoms with Gasteiger partial charge in [-0.05, 0) is 43.9 Å². The van der Waals surface area contributed by atoms with Crippen LogP contribution in [0.15, 0.2) is 24.5 Å². The van der Waals surface area contributed by atoms with Crippen LogP contribution >= 0.6 is 0 Å². The minimum absolute atomic E-state index is 0.388. The van der Waals surface area contributed by atoms with Crippen molar-refractivity contribution in [3.8, 4) is 0 Å². The van der Waals surface area contributed by atoms with Crippen LogP contribution in [0.5, 0.6) is 0 Å². The van der Waals surface area contributed by atoms with Gasteiger partial charge in [0, 0.05) is 31.1 Å². The standard InChI is InChI=1S/C14H22N2O/c1-3-14-10-13(6-9-17-14)16-11(2)12-4-7-15-8-5-12/h4-5,7-8,11,13-14,16H,3,6,9-10H2,1-2H3/t11-,13?,14?/m0/s1. The van der Waals surface area contributed by atoms with Crippen molar-refractivity contribution in [3.05, 3.63) is 30.1 Å². The van der Waals surface area contributed by atoms with Gasteiger partial charge in [-0.1, -0.05) is 6.92 Å². The lowest BCUT2D eigenvalue weighted by molar-refractivity contribution is -0.00165. The van der Waals surface area contributed by atoms with Gasteiger partial charge < -0.3 is 10.1 Å². The van der Waals surface area contributed by atoms with Gasteiger partial charge in [0.1, 0.15) is 0 Å². The number of hydrogen-bond donors (Lipinski definition) is 1. The van der Waals surface area contributed by atoms with E-state index in [-0.39, 0.29) is 0 Å². The number of pyridine rings is 1. The van der Waals surface area contributed by atoms with Crippen LogP contribution in [0.4, 0.5) is 0 Å². The monoisotopic (exact) mass is 234 g/mol. The molecule has 94 valence electrons. The van der Waals surface area contributed by atoms with E-state index < -0.39 is 0 Å². The highest BCUT2D eigenvalue weighted by Gasteiger charge is 2.22. The highest BCUT2D eigenvalue weighted by molar-refractivity contribution is 5.14. The quantitative estimate of drug-likeness (QED) is 0.869. The van der Waals surface area contributed by atoms with Crippen molar-refractivity contribution in [3.63, 3.8) is 0 Å². The van der Waals surface area contributed by atoms with E-state index in [2.05, 4.69) is 36.3 Å². The third kappa shape index (κ3) is 3.51. The second-order valence-corrected chi connectivity index (χ2v) is 4.79. The fourth-order valence-corrected chi connectivity index (χ4v) is 2.42. The molecule has 2 unspecified atom stereocenters. The van der Waals surface area contributed by atoms with Gasteiger partial charge in [0.25, 0.3) is 0 Å². The summed E-state index contributed by atoms with van der Waals surface area (Å²) in [6.07, 6.45) is 7.50. The van der Waals surface area contributed by atoms with Crippen LogP contribution in [-0.2, 0) is 4.74 Å². The summed E-state index contributed by atoms with van der Waals surface area (Å²) in [5.41, 5.74) is 1.31. The maximum Gasteiger partial charge on any atom is 0.0587 e. The number of nitrogens with zero attached hydrogens (tertiary/aromatic N) is 1. The Labute approximate surface area is 104 Å². The van der Waals surface area contributed by atoms with Gasteiger partial charge in [-0.25, -0.2) is 0 Å². The van der Waals surface area contributed by atoms with Gasteiger partial charge >= 0.3 is 0 Å². The normalized spacial score (nSPS) is 26.7. The molecule has 2 rings (SSSR count). The van der Waals surface area contributed by atoms with Crippen molar-refractivity contribution < 1.29 is 4.74 Å². The summed E-state index contributed by atoms with van der Waals surface area (Å²) in [5.74, 6) is 0. The summed E-state index contributed by atoms with van der Waals surface area (Å²) in [4.78, 5) is 4.05. The Kier molecular flexibility index (Phi) is 4.51. The van der Waals surface area contributed by atoms with Gasteiger partial charge in [0.15, 0.2) is 0 Å². The Bertz CT molecular complexity index is 328. The molecule has 3 atom stereocenters. The molecule has 0 radical (unpaired) electrons. The van der Waals surface area contributed by atoms with Crippen molar-refractivity contribution in [2.45, 2.75) is 51.3 Å². The van der Waals surface area contributed by atoms with Gasteiger partial charge in [0.2, 0.25) is 0 Å². The maximum atomic E-state index is 5.69. The molecule has 1 fully saturated rings. The molecule has 2 heterocycles.